The minimum Gasteiger partial charge on any atom is -0.354 e. The van der Waals surface area contributed by atoms with E-state index in [4.69, 9.17) is 0 Å². The van der Waals surface area contributed by atoms with Crippen LogP contribution in [0.5, 0.6) is 0 Å². The topological polar surface area (TPSA) is 44.3 Å². The van der Waals surface area contributed by atoms with E-state index in [9.17, 15) is 0 Å². The van der Waals surface area contributed by atoms with Crippen LogP contribution in [-0.2, 0) is 6.42 Å². The molecule has 0 bridgehead atoms. The van der Waals surface area contributed by atoms with Crippen molar-refractivity contribution in [2.75, 3.05) is 51.6 Å². The van der Waals surface area contributed by atoms with Crippen LogP contribution in [0.2, 0.25) is 0 Å². The summed E-state index contributed by atoms with van der Waals surface area (Å²) in [5.41, 5.74) is 1.18. The molecule has 0 aromatic carbocycles. The van der Waals surface area contributed by atoms with Crippen LogP contribution in [0.3, 0.4) is 0 Å². The lowest BCUT2D eigenvalue weighted by atomic mass is 10.3. The number of nitrogens with one attached hydrogen (secondary N) is 1. The van der Waals surface area contributed by atoms with Crippen molar-refractivity contribution in [1.29, 1.82) is 0 Å². The molecule has 1 aliphatic rings. The van der Waals surface area contributed by atoms with Crippen molar-refractivity contribution >= 4 is 5.95 Å². The van der Waals surface area contributed by atoms with E-state index in [0.717, 1.165) is 31.9 Å². The Kier molecular flexibility index (Phi) is 5.54. The highest BCUT2D eigenvalue weighted by atomic mass is 15.2. The molecule has 0 saturated carbocycles. The van der Waals surface area contributed by atoms with Gasteiger partial charge in [0.15, 0.2) is 0 Å². The van der Waals surface area contributed by atoms with Crippen molar-refractivity contribution in [3.63, 3.8) is 0 Å². The zero-order chi connectivity index (χ0) is 13.5. The van der Waals surface area contributed by atoms with E-state index in [0.29, 0.717) is 0 Å². The number of aryl methyl sites for hydroxylation is 1. The highest BCUT2D eigenvalue weighted by Crippen LogP contribution is 2.02. The molecule has 5 heteroatoms. The van der Waals surface area contributed by atoms with Crippen LogP contribution < -0.4 is 5.32 Å². The van der Waals surface area contributed by atoms with E-state index >= 15 is 0 Å². The molecular weight excluding hydrogens is 238 g/mol. The third-order valence-electron chi connectivity index (χ3n) is 3.64. The fourth-order valence-corrected chi connectivity index (χ4v) is 2.20. The molecule has 0 radical (unpaired) electrons. The molecule has 1 saturated heterocycles. The summed E-state index contributed by atoms with van der Waals surface area (Å²) in [6.07, 6.45) is 5.93. The van der Waals surface area contributed by atoms with Crippen molar-refractivity contribution in [1.82, 2.24) is 19.8 Å². The zero-order valence-electron chi connectivity index (χ0n) is 12.1. The Morgan fingerprint density at radius 2 is 1.84 bits per heavy atom. The van der Waals surface area contributed by atoms with Gasteiger partial charge >= 0.3 is 0 Å². The molecule has 0 atom stereocenters. The zero-order valence-corrected chi connectivity index (χ0v) is 12.1. The Bertz CT molecular complexity index is 357. The number of piperazine rings is 1. The maximum Gasteiger partial charge on any atom is 0.222 e. The molecule has 1 aliphatic heterocycles. The summed E-state index contributed by atoms with van der Waals surface area (Å²) < 4.78 is 0. The number of hydrogen-bond donors (Lipinski definition) is 1. The normalized spacial score (nSPS) is 17.6. The van der Waals surface area contributed by atoms with E-state index in [1.807, 2.05) is 12.4 Å². The number of rotatable bonds is 6. The lowest BCUT2D eigenvalue weighted by Gasteiger charge is -2.32. The van der Waals surface area contributed by atoms with E-state index in [-0.39, 0.29) is 0 Å². The quantitative estimate of drug-likeness (QED) is 0.778. The largest absolute Gasteiger partial charge is 0.354 e. The van der Waals surface area contributed by atoms with Gasteiger partial charge in [-0.15, -0.1) is 0 Å². The Labute approximate surface area is 116 Å². The summed E-state index contributed by atoms with van der Waals surface area (Å²) in [6.45, 7) is 8.98. The van der Waals surface area contributed by atoms with Crippen LogP contribution >= 0.6 is 0 Å². The van der Waals surface area contributed by atoms with Gasteiger partial charge in [0, 0.05) is 45.1 Å². The monoisotopic (exact) mass is 263 g/mol. The van der Waals surface area contributed by atoms with E-state index in [2.05, 4.69) is 39.1 Å². The first-order valence-electron chi connectivity index (χ1n) is 7.23. The molecule has 1 N–H and O–H groups in total. The fraction of sp³-hybridized carbons (Fsp3) is 0.714. The van der Waals surface area contributed by atoms with Crippen molar-refractivity contribution in [3.8, 4) is 0 Å². The molecule has 5 nitrogen and oxygen atoms in total. The first kappa shape index (κ1) is 14.2. The molecule has 2 heterocycles. The summed E-state index contributed by atoms with van der Waals surface area (Å²) in [5, 5.41) is 3.29. The Morgan fingerprint density at radius 1 is 1.16 bits per heavy atom. The minimum atomic E-state index is 0.746. The average Bonchev–Trinajstić information content (AvgIpc) is 2.46. The van der Waals surface area contributed by atoms with Crippen molar-refractivity contribution in [3.05, 3.63) is 18.0 Å². The maximum absolute atomic E-state index is 4.30. The van der Waals surface area contributed by atoms with Gasteiger partial charge in [0.05, 0.1) is 0 Å². The SMILES string of the molecule is CCc1cnc(NCCCN2CCN(C)CC2)nc1. The van der Waals surface area contributed by atoms with Gasteiger partial charge in [-0.2, -0.15) is 0 Å². The summed E-state index contributed by atoms with van der Waals surface area (Å²) in [7, 11) is 2.19. The van der Waals surface area contributed by atoms with Crippen molar-refractivity contribution in [2.45, 2.75) is 19.8 Å². The van der Waals surface area contributed by atoms with Gasteiger partial charge in [-0.25, -0.2) is 9.97 Å². The van der Waals surface area contributed by atoms with Gasteiger partial charge in [0.25, 0.3) is 0 Å². The van der Waals surface area contributed by atoms with E-state index in [1.165, 1.54) is 31.7 Å². The minimum absolute atomic E-state index is 0.746. The van der Waals surface area contributed by atoms with Gasteiger partial charge < -0.3 is 15.1 Å². The first-order valence-corrected chi connectivity index (χ1v) is 7.23. The van der Waals surface area contributed by atoms with Crippen LogP contribution in [0, 0.1) is 0 Å². The highest BCUT2D eigenvalue weighted by Gasteiger charge is 2.12. The third-order valence-corrected chi connectivity index (χ3v) is 3.64. The molecule has 0 spiro atoms. The van der Waals surface area contributed by atoms with Gasteiger partial charge in [-0.05, 0) is 32.0 Å². The third kappa shape index (κ3) is 4.76. The predicted octanol–water partition coefficient (Wildman–Crippen LogP) is 1.09. The molecule has 1 aromatic heterocycles. The number of likely N-dealkylation sites (N-methyl/N-ethyl adjacent to an activating group) is 1. The molecular formula is C14H25N5. The lowest BCUT2D eigenvalue weighted by molar-refractivity contribution is 0.154. The van der Waals surface area contributed by atoms with E-state index < -0.39 is 0 Å². The Morgan fingerprint density at radius 3 is 2.47 bits per heavy atom. The Hall–Kier alpha value is -1.20. The smallest absolute Gasteiger partial charge is 0.222 e. The van der Waals surface area contributed by atoms with Crippen LogP contribution in [0.4, 0.5) is 5.95 Å². The average molecular weight is 263 g/mol. The predicted molar refractivity (Wildman–Crippen MR) is 78.5 cm³/mol. The summed E-state index contributed by atoms with van der Waals surface area (Å²) in [5.74, 6) is 0.746. The second-order valence-corrected chi connectivity index (χ2v) is 5.19. The highest BCUT2D eigenvalue weighted by molar-refractivity contribution is 5.24. The molecule has 0 unspecified atom stereocenters. The van der Waals surface area contributed by atoms with Gasteiger partial charge in [0.2, 0.25) is 5.95 Å². The van der Waals surface area contributed by atoms with Crippen LogP contribution in [0.1, 0.15) is 18.9 Å². The second-order valence-electron chi connectivity index (χ2n) is 5.19. The molecule has 0 amide bonds. The van der Waals surface area contributed by atoms with Gasteiger partial charge in [-0.3, -0.25) is 0 Å². The number of hydrogen-bond acceptors (Lipinski definition) is 5. The molecule has 19 heavy (non-hydrogen) atoms. The number of aromatic nitrogens is 2. The van der Waals surface area contributed by atoms with Crippen LogP contribution in [0.25, 0.3) is 0 Å². The van der Waals surface area contributed by atoms with Crippen molar-refractivity contribution in [2.24, 2.45) is 0 Å². The standard InChI is InChI=1S/C14H25N5/c1-3-13-11-16-14(17-12-13)15-5-4-6-19-9-7-18(2)8-10-19/h11-12H,3-10H2,1-2H3,(H,15,16,17). The van der Waals surface area contributed by atoms with Gasteiger partial charge in [-0.1, -0.05) is 6.92 Å². The second kappa shape index (κ2) is 7.40. The fourth-order valence-electron chi connectivity index (χ4n) is 2.20. The molecule has 1 aromatic rings. The van der Waals surface area contributed by atoms with Crippen LogP contribution in [0.15, 0.2) is 12.4 Å². The Balaban J connectivity index is 1.61. The maximum atomic E-state index is 4.30. The molecule has 1 fully saturated rings. The lowest BCUT2D eigenvalue weighted by Crippen LogP contribution is -2.44. The summed E-state index contributed by atoms with van der Waals surface area (Å²) >= 11 is 0. The summed E-state index contributed by atoms with van der Waals surface area (Å²) in [4.78, 5) is 13.5. The number of anilines is 1. The first-order chi connectivity index (χ1) is 9.28. The molecule has 0 aliphatic carbocycles. The van der Waals surface area contributed by atoms with Crippen LogP contribution in [-0.4, -0.2) is 66.1 Å². The molecule has 106 valence electrons. The van der Waals surface area contributed by atoms with Gasteiger partial charge in [0.1, 0.15) is 0 Å². The number of nitrogens with zero attached hydrogens (tertiary/aromatic N) is 4. The summed E-state index contributed by atoms with van der Waals surface area (Å²) in [6, 6.07) is 0. The van der Waals surface area contributed by atoms with Crippen molar-refractivity contribution < 1.29 is 0 Å². The molecule has 2 rings (SSSR count). The van der Waals surface area contributed by atoms with E-state index in [1.54, 1.807) is 0 Å².